The first-order chi connectivity index (χ1) is 18.5. The maximum absolute atomic E-state index is 13.7. The Morgan fingerprint density at radius 3 is 1.89 bits per heavy atom. The monoisotopic (exact) mass is 508 g/mol. The molecule has 1 unspecified atom stereocenters. The van der Waals surface area contributed by atoms with Gasteiger partial charge in [-0.3, -0.25) is 9.59 Å². The van der Waals surface area contributed by atoms with E-state index in [0.717, 1.165) is 27.8 Å². The molecule has 38 heavy (non-hydrogen) atoms. The molecule has 2 amide bonds. The third-order valence-corrected chi connectivity index (χ3v) is 6.34. The summed E-state index contributed by atoms with van der Waals surface area (Å²) in [7, 11) is 0. The zero-order chi connectivity index (χ0) is 26.7. The molecule has 7 nitrogen and oxygen atoms in total. The topological polar surface area (TPSA) is 117 Å². The van der Waals surface area contributed by atoms with Gasteiger partial charge in [0, 0.05) is 25.8 Å². The second-order valence-electron chi connectivity index (χ2n) is 9.12. The molecule has 4 rings (SSSR count). The minimum atomic E-state index is -0.823. The van der Waals surface area contributed by atoms with E-state index < -0.39 is 12.0 Å². The molecule has 0 aliphatic heterocycles. The lowest BCUT2D eigenvalue weighted by Crippen LogP contribution is -2.49. The van der Waals surface area contributed by atoms with E-state index in [1.54, 1.807) is 18.3 Å². The molecule has 0 saturated heterocycles. The molecule has 3 aromatic carbocycles. The summed E-state index contributed by atoms with van der Waals surface area (Å²) >= 11 is 0. The van der Waals surface area contributed by atoms with Crippen LogP contribution in [0.1, 0.15) is 33.7 Å². The number of rotatable bonds is 11. The number of anilines is 1. The van der Waals surface area contributed by atoms with Crippen LogP contribution in [0.4, 0.5) is 5.82 Å². The standard InChI is InChI=1S/C31H32N4O3/c32-28-16-15-24(21-33-28)19-27(30(37)34-20-23-13-11-22(12-14-23)17-18-36)35-31(38)29(25-7-3-1-4-8-25)26-9-5-2-6-10-26/h1-16,21,27,29,36H,17-20H2,(H2,32,33)(H,34,37)(H,35,38). The first-order valence-electron chi connectivity index (χ1n) is 12.6. The second kappa shape index (κ2) is 13.2. The predicted molar refractivity (Wildman–Crippen MR) is 148 cm³/mol. The molecular formula is C31H32N4O3. The zero-order valence-corrected chi connectivity index (χ0v) is 21.1. The Labute approximate surface area is 222 Å². The third kappa shape index (κ3) is 7.27. The lowest BCUT2D eigenvalue weighted by atomic mass is 9.90. The molecule has 1 aromatic heterocycles. The summed E-state index contributed by atoms with van der Waals surface area (Å²) in [5.41, 5.74) is 10.1. The Bertz CT molecular complexity index is 1270. The molecule has 4 aromatic rings. The number of aliphatic hydroxyl groups excluding tert-OH is 1. The predicted octanol–water partition coefficient (Wildman–Crippen LogP) is 3.37. The van der Waals surface area contributed by atoms with Crippen molar-refractivity contribution in [3.63, 3.8) is 0 Å². The summed E-state index contributed by atoms with van der Waals surface area (Å²) in [5.74, 6) is -0.748. The number of hydrogen-bond acceptors (Lipinski definition) is 5. The SMILES string of the molecule is Nc1ccc(CC(NC(=O)C(c2ccccc2)c2ccccc2)C(=O)NCc2ccc(CCO)cc2)cn1. The van der Waals surface area contributed by atoms with Crippen molar-refractivity contribution >= 4 is 17.6 Å². The lowest BCUT2D eigenvalue weighted by molar-refractivity contribution is -0.129. The highest BCUT2D eigenvalue weighted by molar-refractivity contribution is 5.92. The van der Waals surface area contributed by atoms with E-state index in [2.05, 4.69) is 15.6 Å². The summed E-state index contributed by atoms with van der Waals surface area (Å²) < 4.78 is 0. The molecule has 0 spiro atoms. The fraction of sp³-hybridized carbons (Fsp3) is 0.194. The van der Waals surface area contributed by atoms with Crippen LogP contribution in [0.25, 0.3) is 0 Å². The summed E-state index contributed by atoms with van der Waals surface area (Å²) in [6, 6.07) is 29.4. The highest BCUT2D eigenvalue weighted by atomic mass is 16.3. The quantitative estimate of drug-likeness (QED) is 0.248. The van der Waals surface area contributed by atoms with Gasteiger partial charge in [-0.15, -0.1) is 0 Å². The number of aliphatic hydroxyl groups is 1. The van der Waals surface area contributed by atoms with E-state index >= 15 is 0 Å². The van der Waals surface area contributed by atoms with Crippen LogP contribution in [-0.2, 0) is 29.0 Å². The molecule has 7 heteroatoms. The van der Waals surface area contributed by atoms with Gasteiger partial charge in [-0.05, 0) is 40.3 Å². The minimum Gasteiger partial charge on any atom is -0.396 e. The van der Waals surface area contributed by atoms with Gasteiger partial charge >= 0.3 is 0 Å². The molecule has 0 fully saturated rings. The Kier molecular flexibility index (Phi) is 9.21. The average Bonchev–Trinajstić information content (AvgIpc) is 2.95. The Morgan fingerprint density at radius 1 is 0.763 bits per heavy atom. The van der Waals surface area contributed by atoms with E-state index in [0.29, 0.717) is 18.8 Å². The van der Waals surface area contributed by atoms with E-state index in [-0.39, 0.29) is 24.8 Å². The van der Waals surface area contributed by atoms with Crippen LogP contribution < -0.4 is 16.4 Å². The molecule has 0 radical (unpaired) electrons. The van der Waals surface area contributed by atoms with Crippen molar-refractivity contribution in [3.05, 3.63) is 131 Å². The lowest BCUT2D eigenvalue weighted by Gasteiger charge is -2.23. The second-order valence-corrected chi connectivity index (χ2v) is 9.12. The number of nitrogens with zero attached hydrogens (tertiary/aromatic N) is 1. The number of hydrogen-bond donors (Lipinski definition) is 4. The van der Waals surface area contributed by atoms with Gasteiger partial charge in [-0.1, -0.05) is 91.0 Å². The maximum atomic E-state index is 13.7. The molecule has 0 saturated carbocycles. The number of pyridine rings is 1. The fourth-order valence-electron chi connectivity index (χ4n) is 4.31. The van der Waals surface area contributed by atoms with Gasteiger partial charge < -0.3 is 21.5 Å². The average molecular weight is 509 g/mol. The van der Waals surface area contributed by atoms with Crippen molar-refractivity contribution < 1.29 is 14.7 Å². The molecule has 0 aliphatic rings. The fourth-order valence-corrected chi connectivity index (χ4v) is 4.31. The van der Waals surface area contributed by atoms with Gasteiger partial charge in [0.05, 0.1) is 5.92 Å². The van der Waals surface area contributed by atoms with Crippen LogP contribution >= 0.6 is 0 Å². The van der Waals surface area contributed by atoms with Crippen molar-refractivity contribution in [2.24, 2.45) is 0 Å². The number of nitrogen functional groups attached to an aromatic ring is 1. The summed E-state index contributed by atoms with van der Waals surface area (Å²) in [4.78, 5) is 31.2. The first kappa shape index (κ1) is 26.6. The van der Waals surface area contributed by atoms with Gasteiger partial charge in [0.1, 0.15) is 11.9 Å². The maximum Gasteiger partial charge on any atom is 0.243 e. The van der Waals surface area contributed by atoms with Crippen LogP contribution in [-0.4, -0.2) is 34.6 Å². The van der Waals surface area contributed by atoms with E-state index in [9.17, 15) is 9.59 Å². The van der Waals surface area contributed by atoms with Crippen molar-refractivity contribution in [1.29, 1.82) is 0 Å². The molecule has 194 valence electrons. The van der Waals surface area contributed by atoms with Crippen molar-refractivity contribution in [2.45, 2.75) is 31.3 Å². The molecule has 1 heterocycles. The van der Waals surface area contributed by atoms with Gasteiger partial charge in [0.2, 0.25) is 11.8 Å². The number of amides is 2. The number of carbonyl (C=O) groups is 2. The number of nitrogens with one attached hydrogen (secondary N) is 2. The Morgan fingerprint density at radius 2 is 1.34 bits per heavy atom. The van der Waals surface area contributed by atoms with Crippen molar-refractivity contribution in [1.82, 2.24) is 15.6 Å². The number of nitrogens with two attached hydrogens (primary N) is 1. The molecule has 0 aliphatic carbocycles. The third-order valence-electron chi connectivity index (χ3n) is 6.34. The summed E-state index contributed by atoms with van der Waals surface area (Å²) in [6.45, 7) is 0.399. The molecule has 0 bridgehead atoms. The highest BCUT2D eigenvalue weighted by Crippen LogP contribution is 2.25. The normalized spacial score (nSPS) is 11.6. The van der Waals surface area contributed by atoms with Gasteiger partial charge in [-0.25, -0.2) is 4.98 Å². The smallest absolute Gasteiger partial charge is 0.243 e. The van der Waals surface area contributed by atoms with Crippen LogP contribution in [0.15, 0.2) is 103 Å². The van der Waals surface area contributed by atoms with E-state index in [4.69, 9.17) is 10.8 Å². The van der Waals surface area contributed by atoms with Crippen LogP contribution in [0.3, 0.4) is 0 Å². The zero-order valence-electron chi connectivity index (χ0n) is 21.1. The van der Waals surface area contributed by atoms with Gasteiger partial charge in [-0.2, -0.15) is 0 Å². The van der Waals surface area contributed by atoms with Crippen LogP contribution in [0.5, 0.6) is 0 Å². The number of carbonyl (C=O) groups excluding carboxylic acids is 2. The van der Waals surface area contributed by atoms with Crippen LogP contribution in [0, 0.1) is 0 Å². The van der Waals surface area contributed by atoms with Crippen molar-refractivity contribution in [3.8, 4) is 0 Å². The molecule has 1 atom stereocenters. The Hall–Kier alpha value is -4.49. The van der Waals surface area contributed by atoms with Crippen LogP contribution in [0.2, 0.25) is 0 Å². The van der Waals surface area contributed by atoms with E-state index in [1.165, 1.54) is 0 Å². The minimum absolute atomic E-state index is 0.0877. The summed E-state index contributed by atoms with van der Waals surface area (Å²) in [6.07, 6.45) is 2.46. The van der Waals surface area contributed by atoms with Gasteiger partial charge in [0.15, 0.2) is 0 Å². The summed E-state index contributed by atoms with van der Waals surface area (Å²) in [5, 5.41) is 15.1. The molecular weight excluding hydrogens is 476 g/mol. The molecule has 5 N–H and O–H groups in total. The van der Waals surface area contributed by atoms with E-state index in [1.807, 2.05) is 84.9 Å². The first-order valence-corrected chi connectivity index (χ1v) is 12.6. The number of aromatic nitrogens is 1. The van der Waals surface area contributed by atoms with Crippen molar-refractivity contribution in [2.75, 3.05) is 12.3 Å². The highest BCUT2D eigenvalue weighted by Gasteiger charge is 2.28. The largest absolute Gasteiger partial charge is 0.396 e. The van der Waals surface area contributed by atoms with Gasteiger partial charge in [0.25, 0.3) is 0 Å². The Balaban J connectivity index is 1.54. The number of benzene rings is 3.